The molecule has 0 fully saturated rings. The number of aryl methyl sites for hydroxylation is 1. The summed E-state index contributed by atoms with van der Waals surface area (Å²) in [5.74, 6) is 0.249. The standard InChI is InChI=1S/C15H18F3S/c1-4-5-13-8-12-7-6-11(10(2)3)9-14(12)19(13)15(16,17)18/h6-10H,4-5H2,1-3H3/q+1. The van der Waals surface area contributed by atoms with Gasteiger partial charge in [0.1, 0.15) is 0 Å². The molecular weight excluding hydrogens is 269 g/mol. The second kappa shape index (κ2) is 5.16. The van der Waals surface area contributed by atoms with Gasteiger partial charge in [0.25, 0.3) is 0 Å². The van der Waals surface area contributed by atoms with Crippen molar-refractivity contribution in [1.29, 1.82) is 0 Å². The lowest BCUT2D eigenvalue weighted by atomic mass is 10.0. The molecule has 2 aromatic rings. The first-order valence-corrected chi connectivity index (χ1v) is 7.72. The topological polar surface area (TPSA) is 0 Å². The molecule has 0 radical (unpaired) electrons. The van der Waals surface area contributed by atoms with E-state index in [-0.39, 0.29) is 5.92 Å². The van der Waals surface area contributed by atoms with E-state index in [2.05, 4.69) is 0 Å². The quantitative estimate of drug-likeness (QED) is 0.595. The summed E-state index contributed by atoms with van der Waals surface area (Å²) < 4.78 is 40.4. The molecule has 0 saturated heterocycles. The minimum atomic E-state index is -4.16. The van der Waals surface area contributed by atoms with Crippen LogP contribution >= 0.6 is 10.5 Å². The van der Waals surface area contributed by atoms with E-state index in [4.69, 9.17) is 0 Å². The molecule has 104 valence electrons. The first kappa shape index (κ1) is 14.4. The van der Waals surface area contributed by atoms with E-state index >= 15 is 0 Å². The van der Waals surface area contributed by atoms with Gasteiger partial charge in [0.2, 0.25) is 0 Å². The molecule has 0 aliphatic rings. The molecule has 0 saturated carbocycles. The van der Waals surface area contributed by atoms with E-state index in [9.17, 15) is 13.2 Å². The molecular formula is C15H18F3S+. The van der Waals surface area contributed by atoms with E-state index in [1.807, 2.05) is 32.9 Å². The lowest BCUT2D eigenvalue weighted by molar-refractivity contribution is -0.0867. The molecule has 1 atom stereocenters. The van der Waals surface area contributed by atoms with Crippen molar-refractivity contribution in [2.75, 3.05) is 0 Å². The Morgan fingerprint density at radius 1 is 1.16 bits per heavy atom. The summed E-state index contributed by atoms with van der Waals surface area (Å²) >= 11 is 0. The highest BCUT2D eigenvalue weighted by molar-refractivity contribution is 7.38. The third kappa shape index (κ3) is 2.78. The minimum Gasteiger partial charge on any atom is -0.118 e. The van der Waals surface area contributed by atoms with Crippen molar-refractivity contribution in [3.63, 3.8) is 0 Å². The number of benzene rings is 1. The number of hydrogen-bond acceptors (Lipinski definition) is 0. The van der Waals surface area contributed by atoms with Crippen molar-refractivity contribution < 1.29 is 13.2 Å². The van der Waals surface area contributed by atoms with E-state index in [1.54, 1.807) is 12.1 Å². The third-order valence-corrected chi connectivity index (χ3v) is 5.33. The number of fused-ring (bicyclic) bond motifs is 1. The molecule has 0 aliphatic heterocycles. The largest absolute Gasteiger partial charge is 0.600 e. The first-order chi connectivity index (χ1) is 8.84. The van der Waals surface area contributed by atoms with Gasteiger partial charge < -0.3 is 0 Å². The van der Waals surface area contributed by atoms with Crippen LogP contribution in [0.1, 0.15) is 43.6 Å². The van der Waals surface area contributed by atoms with E-state index in [0.29, 0.717) is 16.0 Å². The predicted octanol–water partition coefficient (Wildman–Crippen LogP) is 6.14. The zero-order chi connectivity index (χ0) is 14.2. The smallest absolute Gasteiger partial charge is 0.118 e. The van der Waals surface area contributed by atoms with Gasteiger partial charge in [-0.25, -0.2) is 0 Å². The molecule has 0 bridgehead atoms. The van der Waals surface area contributed by atoms with Crippen molar-refractivity contribution in [1.82, 2.24) is 0 Å². The Kier molecular flexibility index (Phi) is 3.90. The van der Waals surface area contributed by atoms with Crippen LogP contribution in [0.15, 0.2) is 24.3 Å². The number of halogens is 3. The molecule has 19 heavy (non-hydrogen) atoms. The molecule has 1 aromatic carbocycles. The predicted molar refractivity (Wildman–Crippen MR) is 75.8 cm³/mol. The van der Waals surface area contributed by atoms with Gasteiger partial charge in [-0.2, -0.15) is 0 Å². The molecule has 0 aliphatic carbocycles. The van der Waals surface area contributed by atoms with E-state index in [1.165, 1.54) is 0 Å². The van der Waals surface area contributed by atoms with Crippen LogP contribution in [0.2, 0.25) is 0 Å². The fourth-order valence-corrected chi connectivity index (χ4v) is 4.37. The summed E-state index contributed by atoms with van der Waals surface area (Å²) in [4.78, 5) is 0.533. The van der Waals surface area contributed by atoms with Gasteiger partial charge >= 0.3 is 5.51 Å². The van der Waals surface area contributed by atoms with Crippen LogP contribution in [0.3, 0.4) is 0 Å². The zero-order valence-corrected chi connectivity index (χ0v) is 12.2. The fraction of sp³-hybridized carbons (Fsp3) is 0.467. The minimum absolute atomic E-state index is 0.249. The third-order valence-electron chi connectivity index (χ3n) is 3.23. The SMILES string of the molecule is CCCc1cc2ccc(C(C)C)cc2[s+]1C(F)(F)F. The van der Waals surface area contributed by atoms with Gasteiger partial charge in [0.15, 0.2) is 9.58 Å². The van der Waals surface area contributed by atoms with Gasteiger partial charge in [-0.15, -0.1) is 13.2 Å². The molecule has 1 aromatic heterocycles. The summed E-state index contributed by atoms with van der Waals surface area (Å²) in [6.45, 7) is 5.92. The fourth-order valence-electron chi connectivity index (χ4n) is 2.27. The second-order valence-corrected chi connectivity index (χ2v) is 7.10. The Bertz CT molecular complexity index is 579. The molecule has 0 amide bonds. The highest BCUT2D eigenvalue weighted by atomic mass is 32.2. The second-order valence-electron chi connectivity index (χ2n) is 5.06. The summed E-state index contributed by atoms with van der Waals surface area (Å²) in [7, 11) is -1.72. The summed E-state index contributed by atoms with van der Waals surface area (Å²) in [6.07, 6.45) is 1.27. The number of rotatable bonds is 3. The van der Waals surface area contributed by atoms with Gasteiger partial charge in [0, 0.05) is 23.9 Å². The lowest BCUT2D eigenvalue weighted by Gasteiger charge is -2.04. The summed E-state index contributed by atoms with van der Waals surface area (Å²) in [6, 6.07) is 7.25. The summed E-state index contributed by atoms with van der Waals surface area (Å²) in [5.41, 5.74) is -3.19. The average Bonchev–Trinajstić information content (AvgIpc) is 2.65. The van der Waals surface area contributed by atoms with E-state index < -0.39 is 16.0 Å². The van der Waals surface area contributed by atoms with Gasteiger partial charge in [-0.05, 0) is 24.0 Å². The Morgan fingerprint density at radius 3 is 2.37 bits per heavy atom. The highest BCUT2D eigenvalue weighted by Crippen LogP contribution is 2.51. The Morgan fingerprint density at radius 2 is 1.84 bits per heavy atom. The lowest BCUT2D eigenvalue weighted by Crippen LogP contribution is -1.98. The molecule has 1 unspecified atom stereocenters. The van der Waals surface area contributed by atoms with Crippen molar-refractivity contribution in [2.24, 2.45) is 0 Å². The van der Waals surface area contributed by atoms with Crippen molar-refractivity contribution in [3.8, 4) is 0 Å². The van der Waals surface area contributed by atoms with Gasteiger partial charge in [-0.1, -0.05) is 26.8 Å². The maximum atomic E-state index is 13.3. The number of hydrogen-bond donors (Lipinski definition) is 0. The molecule has 2 rings (SSSR count). The van der Waals surface area contributed by atoms with Gasteiger partial charge in [-0.3, -0.25) is 0 Å². The monoisotopic (exact) mass is 287 g/mol. The van der Waals surface area contributed by atoms with Crippen molar-refractivity contribution in [3.05, 3.63) is 34.7 Å². The van der Waals surface area contributed by atoms with Crippen LogP contribution < -0.4 is 0 Å². The maximum absolute atomic E-state index is 13.3. The number of thiophene rings is 1. The maximum Gasteiger partial charge on any atom is 0.600 e. The first-order valence-electron chi connectivity index (χ1n) is 6.50. The average molecular weight is 287 g/mol. The molecule has 4 heteroatoms. The van der Waals surface area contributed by atoms with E-state index in [0.717, 1.165) is 17.4 Å². The van der Waals surface area contributed by atoms with Crippen LogP contribution in [0, 0.1) is 0 Å². The molecule has 0 nitrogen and oxygen atoms in total. The zero-order valence-electron chi connectivity index (χ0n) is 11.3. The van der Waals surface area contributed by atoms with Crippen LogP contribution in [-0.4, -0.2) is 0 Å². The van der Waals surface area contributed by atoms with Crippen LogP contribution in [0.5, 0.6) is 0 Å². The Labute approximate surface area is 114 Å². The van der Waals surface area contributed by atoms with Crippen molar-refractivity contribution in [2.45, 2.75) is 45.0 Å². The Balaban J connectivity index is 2.70. The van der Waals surface area contributed by atoms with Gasteiger partial charge in [0.05, 0.1) is 10.5 Å². The molecule has 0 spiro atoms. The molecule has 1 heterocycles. The Hall–Kier alpha value is -1.03. The van der Waals surface area contributed by atoms with Crippen molar-refractivity contribution >= 4 is 20.6 Å². The molecule has 0 N–H and O–H groups in total. The van der Waals surface area contributed by atoms with Crippen LogP contribution in [0.25, 0.3) is 10.1 Å². The highest BCUT2D eigenvalue weighted by Gasteiger charge is 2.47. The number of alkyl halides is 3. The van der Waals surface area contributed by atoms with Crippen LogP contribution in [-0.2, 0) is 11.9 Å². The normalized spacial score (nSPS) is 13.5. The van der Waals surface area contributed by atoms with Crippen LogP contribution in [0.4, 0.5) is 13.2 Å². The summed E-state index contributed by atoms with van der Waals surface area (Å²) in [5, 5.41) is 0.744.